The molecule has 4 amide bonds. The molecule has 1 aromatic rings. The third-order valence-electron chi connectivity index (χ3n) is 10.3. The number of rotatable bonds is 44. The van der Waals surface area contributed by atoms with E-state index in [9.17, 15) is 72.9 Å². The number of benzene rings is 1. The smallest absolute Gasteiger partial charge is 0.372 e. The number of aliphatic carboxylic acids is 4. The van der Waals surface area contributed by atoms with Gasteiger partial charge >= 0.3 is 23.9 Å². The summed E-state index contributed by atoms with van der Waals surface area (Å²) in [5.74, 6) is -10.9. The fourth-order valence-electron chi connectivity index (χ4n) is 6.31. The lowest BCUT2D eigenvalue weighted by molar-refractivity contribution is -0.149. The van der Waals surface area contributed by atoms with Gasteiger partial charge < -0.3 is 60.6 Å². The summed E-state index contributed by atoms with van der Waals surface area (Å²) >= 11 is 0. The van der Waals surface area contributed by atoms with Crippen molar-refractivity contribution in [3.63, 3.8) is 0 Å². The molecule has 396 valence electrons. The summed E-state index contributed by atoms with van der Waals surface area (Å²) in [6, 6.07) is 4.34. The molecule has 0 aliphatic heterocycles. The zero-order chi connectivity index (χ0) is 53.0. The van der Waals surface area contributed by atoms with Crippen molar-refractivity contribution in [2.75, 3.05) is 65.9 Å². The van der Waals surface area contributed by atoms with Gasteiger partial charge in [-0.15, -0.1) is 0 Å². The predicted molar refractivity (Wildman–Crippen MR) is 247 cm³/mol. The molecule has 24 heteroatoms. The van der Waals surface area contributed by atoms with Crippen molar-refractivity contribution in [1.29, 1.82) is 0 Å². The Balaban J connectivity index is 2.17. The second-order valence-corrected chi connectivity index (χ2v) is 16.3. The molecule has 0 aromatic heterocycles. The van der Waals surface area contributed by atoms with Crippen LogP contribution in [0.15, 0.2) is 24.3 Å². The Morgan fingerprint density at radius 2 is 1.04 bits per heavy atom. The number of hydrogen-bond donors (Lipinski definition) is 8. The number of carboxylic acids is 4. The molecule has 8 N–H and O–H groups in total. The molecule has 0 fully saturated rings. The minimum absolute atomic E-state index is 0.0148. The Kier molecular flexibility index (Phi) is 32.9. The van der Waals surface area contributed by atoms with E-state index in [1.807, 2.05) is 19.1 Å². The number of carbonyl (C=O) groups excluding carboxylic acids is 8. The second kappa shape index (κ2) is 37.3. The molecule has 3 atom stereocenters. The number of aryl methyl sites for hydroxylation is 1. The van der Waals surface area contributed by atoms with Crippen molar-refractivity contribution in [3.05, 3.63) is 35.4 Å². The average Bonchev–Trinajstić information content (AvgIpc) is 3.31. The molecule has 0 spiro atoms. The summed E-state index contributed by atoms with van der Waals surface area (Å²) in [6.45, 7) is 2.18. The van der Waals surface area contributed by atoms with Crippen LogP contribution in [0.1, 0.15) is 112 Å². The van der Waals surface area contributed by atoms with Crippen molar-refractivity contribution in [2.24, 2.45) is 5.92 Å². The topological polar surface area (TPSA) is 371 Å². The molecular formula is C47H68N4O20. The third-order valence-corrected chi connectivity index (χ3v) is 10.3. The number of carbonyl (C=O) groups is 12. The van der Waals surface area contributed by atoms with Gasteiger partial charge in [0, 0.05) is 76.6 Å². The first-order valence-corrected chi connectivity index (χ1v) is 23.3. The van der Waals surface area contributed by atoms with Crippen LogP contribution in [0, 0.1) is 12.8 Å². The molecule has 1 aromatic carbocycles. The minimum atomic E-state index is -1.57. The number of Topliss-reactive ketones (excluding diaryl/α,β-unsaturated/α-hetero) is 4. The lowest BCUT2D eigenvalue weighted by Gasteiger charge is -2.15. The molecule has 0 radical (unpaired) electrons. The third kappa shape index (κ3) is 32.1. The number of carboxylic acid groups (broad SMARTS) is 4. The first-order valence-electron chi connectivity index (χ1n) is 23.3. The van der Waals surface area contributed by atoms with Gasteiger partial charge in [-0.05, 0) is 64.0 Å². The van der Waals surface area contributed by atoms with Gasteiger partial charge in [0.05, 0.1) is 39.0 Å². The van der Waals surface area contributed by atoms with Gasteiger partial charge in [0.15, 0.2) is 5.78 Å². The van der Waals surface area contributed by atoms with Crippen molar-refractivity contribution in [1.82, 2.24) is 21.3 Å². The molecule has 0 heterocycles. The van der Waals surface area contributed by atoms with Crippen LogP contribution in [0.2, 0.25) is 0 Å². The van der Waals surface area contributed by atoms with E-state index in [0.717, 1.165) is 5.56 Å². The fourth-order valence-corrected chi connectivity index (χ4v) is 6.31. The van der Waals surface area contributed by atoms with Crippen molar-refractivity contribution >= 4 is 70.6 Å². The number of ether oxygens (including phenoxy) is 4. The molecule has 0 bridgehead atoms. The van der Waals surface area contributed by atoms with E-state index < -0.39 is 84.2 Å². The Bertz CT molecular complexity index is 1920. The van der Waals surface area contributed by atoms with Crippen LogP contribution in [0.5, 0.6) is 0 Å². The number of nitrogens with one attached hydrogen (secondary N) is 4. The average molecular weight is 1010 g/mol. The molecular weight excluding hydrogens is 941 g/mol. The van der Waals surface area contributed by atoms with Crippen LogP contribution >= 0.6 is 0 Å². The molecule has 1 rings (SSSR count). The van der Waals surface area contributed by atoms with Gasteiger partial charge in [0.2, 0.25) is 23.5 Å². The zero-order valence-corrected chi connectivity index (χ0v) is 40.0. The normalized spacial score (nSPS) is 12.1. The first kappa shape index (κ1) is 62.5. The summed E-state index contributed by atoms with van der Waals surface area (Å²) in [5, 5.41) is 47.0. The highest BCUT2D eigenvalue weighted by Gasteiger charge is 2.26. The van der Waals surface area contributed by atoms with Crippen LogP contribution < -0.4 is 21.3 Å². The highest BCUT2D eigenvalue weighted by molar-refractivity contribution is 6.32. The summed E-state index contributed by atoms with van der Waals surface area (Å²) < 4.78 is 21.2. The van der Waals surface area contributed by atoms with Gasteiger partial charge in [-0.2, -0.15) is 0 Å². The molecule has 0 saturated heterocycles. The van der Waals surface area contributed by atoms with Crippen LogP contribution in [0.25, 0.3) is 0 Å². The molecule has 0 aliphatic rings. The van der Waals surface area contributed by atoms with Gasteiger partial charge in [-0.3, -0.25) is 43.2 Å². The highest BCUT2D eigenvalue weighted by atomic mass is 16.5. The van der Waals surface area contributed by atoms with E-state index in [0.29, 0.717) is 18.5 Å². The number of hydrogen-bond acceptors (Lipinski definition) is 16. The minimum Gasteiger partial charge on any atom is -0.481 e. The summed E-state index contributed by atoms with van der Waals surface area (Å²) in [4.78, 5) is 142. The monoisotopic (exact) mass is 1010 g/mol. The van der Waals surface area contributed by atoms with E-state index in [1.54, 1.807) is 12.1 Å². The quantitative estimate of drug-likeness (QED) is 0.0333. The first-order chi connectivity index (χ1) is 33.8. The maximum Gasteiger partial charge on any atom is 0.372 e. The van der Waals surface area contributed by atoms with E-state index in [1.165, 1.54) is 0 Å². The Morgan fingerprint density at radius 1 is 0.479 bits per heavy atom. The lowest BCUT2D eigenvalue weighted by atomic mass is 9.94. The molecule has 24 nitrogen and oxygen atoms in total. The Morgan fingerprint density at radius 3 is 1.66 bits per heavy atom. The highest BCUT2D eigenvalue weighted by Crippen LogP contribution is 2.15. The second-order valence-electron chi connectivity index (χ2n) is 16.3. The summed E-state index contributed by atoms with van der Waals surface area (Å²) in [6.07, 6.45) is -0.851. The fraction of sp³-hybridized carbons (Fsp3) is 0.617. The zero-order valence-electron chi connectivity index (χ0n) is 40.0. The summed E-state index contributed by atoms with van der Waals surface area (Å²) in [5.41, 5.74) is 1.58. The van der Waals surface area contributed by atoms with Crippen molar-refractivity contribution in [2.45, 2.75) is 115 Å². The SMILES string of the molecule is Cc1ccc(C(=O)NCCCC(=O)COCCOCCNC(=O)CCC(CC(=O)CC[C@H](NC(=O)COCCOCCCC(=O)CC[C@H](NC(=O)CCCCC(=O)C(=O)O)C(=O)O)C(=O)O)C(=O)O)cc1. The van der Waals surface area contributed by atoms with Gasteiger partial charge in [-0.25, -0.2) is 14.4 Å². The lowest BCUT2D eigenvalue weighted by Crippen LogP contribution is -2.42. The molecule has 0 aliphatic carbocycles. The van der Waals surface area contributed by atoms with E-state index in [-0.39, 0.29) is 154 Å². The van der Waals surface area contributed by atoms with Gasteiger partial charge in [0.25, 0.3) is 5.91 Å². The largest absolute Gasteiger partial charge is 0.481 e. The van der Waals surface area contributed by atoms with Crippen molar-refractivity contribution in [3.8, 4) is 0 Å². The van der Waals surface area contributed by atoms with Crippen LogP contribution in [-0.2, 0) is 71.7 Å². The van der Waals surface area contributed by atoms with Crippen molar-refractivity contribution < 1.29 is 96.9 Å². The maximum absolute atomic E-state index is 12.6. The van der Waals surface area contributed by atoms with Gasteiger partial charge in [-0.1, -0.05) is 17.7 Å². The molecule has 0 saturated carbocycles. The standard InChI is InChI=1S/C47H68N4O20/c1-31-10-12-32(13-11-31)43(59)49-20-4-6-36(54)29-70-26-25-69-23-21-48-40(56)19-14-33(44(60)61)28-35(53)16-18-38(46(64)65)51-42(58)30-71-27-24-68-22-5-7-34(52)15-17-37(45(62)63)50-41(57)9-3-2-8-39(55)47(66)67/h10-13,33,37-38H,2-9,14-30H2,1H3,(H,48,56)(H,49,59)(H,50,57)(H,51,58)(H,60,61)(H,62,63)(H,64,65)(H,66,67)/t33?,37-,38-/m0/s1. The Labute approximate surface area is 410 Å². The molecule has 71 heavy (non-hydrogen) atoms. The van der Waals surface area contributed by atoms with E-state index >= 15 is 0 Å². The summed E-state index contributed by atoms with van der Waals surface area (Å²) in [7, 11) is 0. The number of amides is 4. The van der Waals surface area contributed by atoms with E-state index in [2.05, 4.69) is 21.3 Å². The Hall–Kier alpha value is -6.50. The number of ketones is 4. The van der Waals surface area contributed by atoms with Crippen LogP contribution in [0.3, 0.4) is 0 Å². The van der Waals surface area contributed by atoms with Gasteiger partial charge in [0.1, 0.15) is 36.9 Å². The van der Waals surface area contributed by atoms with E-state index in [4.69, 9.17) is 24.1 Å². The number of unbranched alkanes of at least 4 members (excludes halogenated alkanes) is 1. The predicted octanol–water partition coefficient (Wildman–Crippen LogP) is 0.960. The van der Waals surface area contributed by atoms with Crippen LogP contribution in [-0.4, -0.2) is 169 Å². The maximum atomic E-state index is 12.6. The molecule has 1 unspecified atom stereocenters. The van der Waals surface area contributed by atoms with Crippen LogP contribution in [0.4, 0.5) is 0 Å².